The minimum Gasteiger partial charge on any atom is -0.359 e. The molecule has 3 rings (SSSR count). The first-order chi connectivity index (χ1) is 8.27. The molecule has 2 aliphatic carbocycles. The second-order valence-corrected chi connectivity index (χ2v) is 5.98. The third kappa shape index (κ3) is 2.41. The predicted molar refractivity (Wildman–Crippen MR) is 65.6 cm³/mol. The highest BCUT2D eigenvalue weighted by Gasteiger charge is 2.40. The minimum atomic E-state index is 0.0288. The normalized spacial score (nSPS) is 40.0. The van der Waals surface area contributed by atoms with Crippen molar-refractivity contribution in [3.05, 3.63) is 0 Å². The number of carbonyl (C=O) groups excluding carboxylic acids is 1. The van der Waals surface area contributed by atoms with E-state index in [9.17, 15) is 4.79 Å². The molecular formula is C14H23NO2. The molecule has 2 saturated carbocycles. The lowest BCUT2D eigenvalue weighted by atomic mass is 9.71. The van der Waals surface area contributed by atoms with Crippen LogP contribution in [0, 0.1) is 11.8 Å². The summed E-state index contributed by atoms with van der Waals surface area (Å²) in [5, 5.41) is 3.53. The maximum atomic E-state index is 11.3. The fourth-order valence-electron chi connectivity index (χ4n) is 3.91. The van der Waals surface area contributed by atoms with Crippen LogP contribution in [-0.4, -0.2) is 24.7 Å². The highest BCUT2D eigenvalue weighted by Crippen LogP contribution is 2.41. The van der Waals surface area contributed by atoms with Crippen LogP contribution in [0.4, 0.5) is 0 Å². The van der Waals surface area contributed by atoms with Gasteiger partial charge in [-0.15, -0.1) is 0 Å². The van der Waals surface area contributed by atoms with E-state index in [1.54, 1.807) is 0 Å². The first kappa shape index (κ1) is 11.7. The van der Waals surface area contributed by atoms with E-state index in [1.807, 2.05) is 0 Å². The van der Waals surface area contributed by atoms with Crippen LogP contribution in [0.5, 0.6) is 0 Å². The average molecular weight is 237 g/mol. The second-order valence-electron chi connectivity index (χ2n) is 5.98. The monoisotopic (exact) mass is 237 g/mol. The van der Waals surface area contributed by atoms with Crippen LogP contribution in [0.3, 0.4) is 0 Å². The number of ether oxygens (including phenoxy) is 1. The Bertz CT molecular complexity index is 277. The third-order valence-corrected chi connectivity index (χ3v) is 5.02. The topological polar surface area (TPSA) is 38.3 Å². The van der Waals surface area contributed by atoms with Crippen molar-refractivity contribution in [2.24, 2.45) is 11.8 Å². The Morgan fingerprint density at radius 3 is 2.29 bits per heavy atom. The van der Waals surface area contributed by atoms with Gasteiger partial charge in [0.05, 0.1) is 6.61 Å². The van der Waals surface area contributed by atoms with Crippen molar-refractivity contribution in [2.45, 2.75) is 57.1 Å². The zero-order valence-corrected chi connectivity index (χ0v) is 10.5. The summed E-state index contributed by atoms with van der Waals surface area (Å²) < 4.78 is 5.87. The molecule has 0 atom stereocenters. The maximum absolute atomic E-state index is 11.3. The van der Waals surface area contributed by atoms with Crippen molar-refractivity contribution in [3.63, 3.8) is 0 Å². The van der Waals surface area contributed by atoms with Gasteiger partial charge in [-0.25, -0.2) is 0 Å². The van der Waals surface area contributed by atoms with Crippen LogP contribution in [0.25, 0.3) is 0 Å². The second kappa shape index (κ2) is 4.69. The first-order valence-electron chi connectivity index (χ1n) is 7.18. The van der Waals surface area contributed by atoms with Crippen molar-refractivity contribution in [2.75, 3.05) is 13.2 Å². The minimum absolute atomic E-state index is 0.0288. The number of hydrogen-bond acceptors (Lipinski definition) is 3. The molecule has 1 heterocycles. The number of ketones is 1. The van der Waals surface area contributed by atoms with Gasteiger partial charge in [-0.3, -0.25) is 10.1 Å². The van der Waals surface area contributed by atoms with E-state index in [1.165, 1.54) is 25.7 Å². The lowest BCUT2D eigenvalue weighted by Crippen LogP contribution is -2.45. The van der Waals surface area contributed by atoms with Crippen molar-refractivity contribution in [3.8, 4) is 0 Å². The lowest BCUT2D eigenvalue weighted by molar-refractivity contribution is -0.121. The van der Waals surface area contributed by atoms with Crippen molar-refractivity contribution in [1.29, 1.82) is 0 Å². The smallest absolute Gasteiger partial charge is 0.132 e. The van der Waals surface area contributed by atoms with Crippen molar-refractivity contribution >= 4 is 5.78 Å². The standard InChI is InChI=1S/C14H23NO2/c16-13-3-1-11(2-4-13)12-5-7-14(8-6-12)15-9-10-17-14/h11-12,15H,1-10H2. The molecule has 0 bridgehead atoms. The molecule has 96 valence electrons. The molecule has 1 saturated heterocycles. The molecule has 0 radical (unpaired) electrons. The molecule has 0 aromatic rings. The summed E-state index contributed by atoms with van der Waals surface area (Å²) in [4.78, 5) is 11.3. The Morgan fingerprint density at radius 2 is 1.71 bits per heavy atom. The van der Waals surface area contributed by atoms with E-state index >= 15 is 0 Å². The molecule has 1 spiro atoms. The van der Waals surface area contributed by atoms with Gasteiger partial charge < -0.3 is 4.74 Å². The molecule has 0 aromatic heterocycles. The summed E-state index contributed by atoms with van der Waals surface area (Å²) in [5.74, 6) is 2.14. The largest absolute Gasteiger partial charge is 0.359 e. The predicted octanol–water partition coefficient (Wildman–Crippen LogP) is 2.25. The van der Waals surface area contributed by atoms with Gasteiger partial charge in [0.2, 0.25) is 0 Å². The van der Waals surface area contributed by atoms with E-state index in [0.717, 1.165) is 50.7 Å². The summed E-state index contributed by atoms with van der Waals surface area (Å²) in [6.45, 7) is 1.89. The highest BCUT2D eigenvalue weighted by atomic mass is 16.5. The van der Waals surface area contributed by atoms with Gasteiger partial charge in [0, 0.05) is 19.4 Å². The Morgan fingerprint density at radius 1 is 1.06 bits per heavy atom. The zero-order valence-electron chi connectivity index (χ0n) is 10.5. The van der Waals surface area contributed by atoms with Gasteiger partial charge in [0.15, 0.2) is 0 Å². The van der Waals surface area contributed by atoms with Crippen LogP contribution in [0.15, 0.2) is 0 Å². The van der Waals surface area contributed by atoms with Gasteiger partial charge in [0.25, 0.3) is 0 Å². The highest BCUT2D eigenvalue weighted by molar-refractivity contribution is 5.79. The van der Waals surface area contributed by atoms with E-state index in [2.05, 4.69) is 5.32 Å². The number of Topliss-reactive ketones (excluding diaryl/α,β-unsaturated/α-hetero) is 1. The Balaban J connectivity index is 1.52. The molecular weight excluding hydrogens is 214 g/mol. The molecule has 3 nitrogen and oxygen atoms in total. The lowest BCUT2D eigenvalue weighted by Gasteiger charge is -2.40. The Hall–Kier alpha value is -0.410. The fraction of sp³-hybridized carbons (Fsp3) is 0.929. The summed E-state index contributed by atoms with van der Waals surface area (Å²) in [6.07, 6.45) is 8.86. The quantitative estimate of drug-likeness (QED) is 0.760. The van der Waals surface area contributed by atoms with Crippen LogP contribution in [0.1, 0.15) is 51.4 Å². The molecule has 0 amide bonds. The molecule has 17 heavy (non-hydrogen) atoms. The van der Waals surface area contributed by atoms with Gasteiger partial charge in [-0.05, 0) is 50.4 Å². The number of carbonyl (C=O) groups is 1. The maximum Gasteiger partial charge on any atom is 0.132 e. The summed E-state index contributed by atoms with van der Waals surface area (Å²) in [7, 11) is 0. The van der Waals surface area contributed by atoms with Crippen LogP contribution in [-0.2, 0) is 9.53 Å². The zero-order chi connectivity index (χ0) is 11.7. The van der Waals surface area contributed by atoms with Gasteiger partial charge in [-0.1, -0.05) is 0 Å². The molecule has 0 aromatic carbocycles. The van der Waals surface area contributed by atoms with Gasteiger partial charge in [0.1, 0.15) is 11.5 Å². The van der Waals surface area contributed by atoms with Gasteiger partial charge >= 0.3 is 0 Å². The van der Waals surface area contributed by atoms with E-state index < -0.39 is 0 Å². The fourth-order valence-corrected chi connectivity index (χ4v) is 3.91. The van der Waals surface area contributed by atoms with E-state index in [4.69, 9.17) is 4.74 Å². The van der Waals surface area contributed by atoms with Crippen molar-refractivity contribution in [1.82, 2.24) is 5.32 Å². The SMILES string of the molecule is O=C1CCC(C2CCC3(CC2)NCCO3)CC1. The number of nitrogens with one attached hydrogen (secondary N) is 1. The Kier molecular flexibility index (Phi) is 3.22. The third-order valence-electron chi connectivity index (χ3n) is 5.02. The molecule has 3 fully saturated rings. The van der Waals surface area contributed by atoms with E-state index in [-0.39, 0.29) is 5.72 Å². The summed E-state index contributed by atoms with van der Waals surface area (Å²) >= 11 is 0. The van der Waals surface area contributed by atoms with Crippen molar-refractivity contribution < 1.29 is 9.53 Å². The molecule has 1 N–H and O–H groups in total. The summed E-state index contributed by atoms with van der Waals surface area (Å²) in [5.41, 5.74) is 0.0288. The first-order valence-corrected chi connectivity index (χ1v) is 7.18. The molecule has 0 unspecified atom stereocenters. The van der Waals surface area contributed by atoms with Gasteiger partial charge in [-0.2, -0.15) is 0 Å². The molecule has 3 aliphatic rings. The van der Waals surface area contributed by atoms with Crippen LogP contribution >= 0.6 is 0 Å². The Labute approximate surface area is 103 Å². The number of rotatable bonds is 1. The average Bonchev–Trinajstić information content (AvgIpc) is 2.80. The number of hydrogen-bond donors (Lipinski definition) is 1. The summed E-state index contributed by atoms with van der Waals surface area (Å²) in [6, 6.07) is 0. The van der Waals surface area contributed by atoms with E-state index in [0.29, 0.717) is 5.78 Å². The molecule has 1 aliphatic heterocycles. The van der Waals surface area contributed by atoms with Crippen LogP contribution in [0.2, 0.25) is 0 Å². The molecule has 3 heteroatoms. The van der Waals surface area contributed by atoms with Crippen LogP contribution < -0.4 is 5.32 Å².